The predicted octanol–water partition coefficient (Wildman–Crippen LogP) is 4.04. The zero-order valence-corrected chi connectivity index (χ0v) is 12.6. The standard InChI is InChI=1S/C17H31NO/c1-14(15-7-4-2-3-5-8-15)18-16-9-12-19-17(13-16)10-6-11-17/h14-16,18H,2-13H2,1H3/t14-,16?/m1/s1. The van der Waals surface area contributed by atoms with Crippen LogP contribution in [0.1, 0.15) is 77.6 Å². The van der Waals surface area contributed by atoms with Gasteiger partial charge in [0.15, 0.2) is 0 Å². The van der Waals surface area contributed by atoms with Gasteiger partial charge in [-0.05, 0) is 57.8 Å². The summed E-state index contributed by atoms with van der Waals surface area (Å²) in [5, 5.41) is 3.96. The molecule has 110 valence electrons. The fourth-order valence-electron chi connectivity index (χ4n) is 4.41. The number of rotatable bonds is 3. The quantitative estimate of drug-likeness (QED) is 0.778. The molecule has 2 nitrogen and oxygen atoms in total. The molecule has 3 aliphatic rings. The molecule has 0 aromatic heterocycles. The van der Waals surface area contributed by atoms with E-state index in [0.29, 0.717) is 17.7 Å². The summed E-state index contributed by atoms with van der Waals surface area (Å²) in [5.74, 6) is 0.919. The van der Waals surface area contributed by atoms with Crippen LogP contribution in [0.3, 0.4) is 0 Å². The molecule has 19 heavy (non-hydrogen) atoms. The summed E-state index contributed by atoms with van der Waals surface area (Å²) < 4.78 is 6.04. The lowest BCUT2D eigenvalue weighted by atomic mass is 9.73. The Balaban J connectivity index is 1.49. The van der Waals surface area contributed by atoms with E-state index >= 15 is 0 Å². The maximum absolute atomic E-state index is 6.04. The molecule has 2 atom stereocenters. The summed E-state index contributed by atoms with van der Waals surface area (Å²) >= 11 is 0. The smallest absolute Gasteiger partial charge is 0.0697 e. The van der Waals surface area contributed by atoms with Crippen molar-refractivity contribution < 1.29 is 4.74 Å². The molecule has 2 heteroatoms. The third-order valence-electron chi connectivity index (χ3n) is 5.86. The highest BCUT2D eigenvalue weighted by atomic mass is 16.5. The van der Waals surface area contributed by atoms with E-state index in [9.17, 15) is 0 Å². The molecule has 2 saturated carbocycles. The normalized spacial score (nSPS) is 33.6. The third-order valence-corrected chi connectivity index (χ3v) is 5.86. The Hall–Kier alpha value is -0.0800. The summed E-state index contributed by atoms with van der Waals surface area (Å²) in [6, 6.07) is 1.42. The maximum Gasteiger partial charge on any atom is 0.0697 e. The largest absolute Gasteiger partial charge is 0.375 e. The van der Waals surface area contributed by atoms with Crippen molar-refractivity contribution in [3.8, 4) is 0 Å². The first-order valence-corrected chi connectivity index (χ1v) is 8.67. The Kier molecular flexibility index (Phi) is 4.48. The Labute approximate surface area is 118 Å². The SMILES string of the molecule is C[C@@H](NC1CCOC2(CCC2)C1)C1CCCCCC1. The molecule has 0 aromatic rings. The van der Waals surface area contributed by atoms with Crippen LogP contribution < -0.4 is 5.32 Å². The van der Waals surface area contributed by atoms with Gasteiger partial charge in [0.25, 0.3) is 0 Å². The number of hydrogen-bond donors (Lipinski definition) is 1. The van der Waals surface area contributed by atoms with Crippen molar-refractivity contribution in [2.45, 2.75) is 95.2 Å². The van der Waals surface area contributed by atoms with Crippen LogP contribution in [0.25, 0.3) is 0 Å². The van der Waals surface area contributed by atoms with Crippen molar-refractivity contribution in [3.05, 3.63) is 0 Å². The highest BCUT2D eigenvalue weighted by Gasteiger charge is 2.42. The second-order valence-electron chi connectivity index (χ2n) is 7.28. The summed E-state index contributed by atoms with van der Waals surface area (Å²) in [5.41, 5.74) is 0.291. The van der Waals surface area contributed by atoms with Gasteiger partial charge in [-0.15, -0.1) is 0 Å². The lowest BCUT2D eigenvalue weighted by molar-refractivity contribution is -0.136. The molecular formula is C17H31NO. The van der Waals surface area contributed by atoms with Gasteiger partial charge >= 0.3 is 0 Å². The maximum atomic E-state index is 6.04. The molecule has 3 fully saturated rings. The Morgan fingerprint density at radius 2 is 1.74 bits per heavy atom. The lowest BCUT2D eigenvalue weighted by Gasteiger charge is -2.48. The molecule has 0 aromatic carbocycles. The summed E-state index contributed by atoms with van der Waals surface area (Å²) in [6.45, 7) is 3.41. The van der Waals surface area contributed by atoms with Gasteiger partial charge in [0.1, 0.15) is 0 Å². The van der Waals surface area contributed by atoms with Crippen LogP contribution in [-0.4, -0.2) is 24.3 Å². The van der Waals surface area contributed by atoms with Gasteiger partial charge in [0.2, 0.25) is 0 Å². The summed E-state index contributed by atoms with van der Waals surface area (Å²) in [6.07, 6.45) is 15.2. The zero-order valence-electron chi connectivity index (χ0n) is 12.6. The molecule has 1 N–H and O–H groups in total. The molecule has 1 aliphatic heterocycles. The van der Waals surface area contributed by atoms with Crippen molar-refractivity contribution in [1.29, 1.82) is 0 Å². The Bertz CT molecular complexity index is 279. The van der Waals surface area contributed by atoms with Crippen LogP contribution in [0.4, 0.5) is 0 Å². The van der Waals surface area contributed by atoms with Crippen molar-refractivity contribution in [2.24, 2.45) is 5.92 Å². The van der Waals surface area contributed by atoms with Crippen LogP contribution in [0, 0.1) is 5.92 Å². The Morgan fingerprint density at radius 3 is 2.37 bits per heavy atom. The third kappa shape index (κ3) is 3.33. The second kappa shape index (κ2) is 6.13. The van der Waals surface area contributed by atoms with Crippen LogP contribution >= 0.6 is 0 Å². The second-order valence-corrected chi connectivity index (χ2v) is 7.28. The van der Waals surface area contributed by atoms with E-state index in [2.05, 4.69) is 12.2 Å². The summed E-state index contributed by atoms with van der Waals surface area (Å²) in [7, 11) is 0. The molecule has 0 radical (unpaired) electrons. The van der Waals surface area contributed by atoms with Crippen LogP contribution in [0.5, 0.6) is 0 Å². The average Bonchev–Trinajstić information content (AvgIpc) is 2.66. The fourth-order valence-corrected chi connectivity index (χ4v) is 4.41. The van der Waals surface area contributed by atoms with Gasteiger partial charge in [0, 0.05) is 18.7 Å². The molecule has 1 heterocycles. The molecule has 1 spiro atoms. The van der Waals surface area contributed by atoms with Gasteiger partial charge in [-0.1, -0.05) is 25.7 Å². The highest BCUT2D eigenvalue weighted by Crippen LogP contribution is 2.42. The van der Waals surface area contributed by atoms with E-state index in [1.807, 2.05) is 0 Å². The number of nitrogens with one attached hydrogen (secondary N) is 1. The first-order chi connectivity index (χ1) is 9.27. The minimum absolute atomic E-state index is 0.291. The highest BCUT2D eigenvalue weighted by molar-refractivity contribution is 4.96. The Morgan fingerprint density at radius 1 is 1.00 bits per heavy atom. The van der Waals surface area contributed by atoms with Crippen LogP contribution in [-0.2, 0) is 4.74 Å². The average molecular weight is 265 g/mol. The zero-order chi connectivity index (χ0) is 13.1. The molecule has 3 rings (SSSR count). The molecule has 1 unspecified atom stereocenters. The van der Waals surface area contributed by atoms with Crippen molar-refractivity contribution in [2.75, 3.05) is 6.61 Å². The van der Waals surface area contributed by atoms with Crippen molar-refractivity contribution >= 4 is 0 Å². The minimum Gasteiger partial charge on any atom is -0.375 e. The van der Waals surface area contributed by atoms with Crippen LogP contribution in [0.15, 0.2) is 0 Å². The van der Waals surface area contributed by atoms with Gasteiger partial charge in [-0.25, -0.2) is 0 Å². The van der Waals surface area contributed by atoms with Crippen LogP contribution in [0.2, 0.25) is 0 Å². The monoisotopic (exact) mass is 265 g/mol. The molecule has 2 aliphatic carbocycles. The van der Waals surface area contributed by atoms with E-state index < -0.39 is 0 Å². The fraction of sp³-hybridized carbons (Fsp3) is 1.00. The molecule has 0 amide bonds. The van der Waals surface area contributed by atoms with E-state index in [1.54, 1.807) is 0 Å². The predicted molar refractivity (Wildman–Crippen MR) is 79.3 cm³/mol. The molecule has 1 saturated heterocycles. The van der Waals surface area contributed by atoms with Gasteiger partial charge in [0.05, 0.1) is 5.60 Å². The van der Waals surface area contributed by atoms with Gasteiger partial charge < -0.3 is 10.1 Å². The van der Waals surface area contributed by atoms with E-state index in [-0.39, 0.29) is 0 Å². The minimum atomic E-state index is 0.291. The van der Waals surface area contributed by atoms with Crippen molar-refractivity contribution in [1.82, 2.24) is 5.32 Å². The van der Waals surface area contributed by atoms with Gasteiger partial charge in [-0.2, -0.15) is 0 Å². The first-order valence-electron chi connectivity index (χ1n) is 8.67. The van der Waals surface area contributed by atoms with E-state index in [0.717, 1.165) is 12.5 Å². The molecular weight excluding hydrogens is 234 g/mol. The number of hydrogen-bond acceptors (Lipinski definition) is 2. The number of ether oxygens (including phenoxy) is 1. The summed E-state index contributed by atoms with van der Waals surface area (Å²) in [4.78, 5) is 0. The topological polar surface area (TPSA) is 21.3 Å². The van der Waals surface area contributed by atoms with Gasteiger partial charge in [-0.3, -0.25) is 0 Å². The van der Waals surface area contributed by atoms with E-state index in [1.165, 1.54) is 70.6 Å². The first kappa shape index (κ1) is 13.9. The van der Waals surface area contributed by atoms with E-state index in [4.69, 9.17) is 4.74 Å². The lowest BCUT2D eigenvalue weighted by Crippen LogP contribution is -2.53. The molecule has 0 bridgehead atoms. The van der Waals surface area contributed by atoms with Crippen molar-refractivity contribution in [3.63, 3.8) is 0 Å².